The van der Waals surface area contributed by atoms with Gasteiger partial charge in [0.1, 0.15) is 42.5 Å². The Morgan fingerprint density at radius 1 is 1.11 bits per heavy atom. The van der Waals surface area contributed by atoms with E-state index < -0.39 is 49.9 Å². The van der Waals surface area contributed by atoms with Gasteiger partial charge in [-0.05, 0) is 50.5 Å². The fourth-order valence-corrected chi connectivity index (χ4v) is 5.49. The lowest BCUT2D eigenvalue weighted by molar-refractivity contribution is -0.367. The van der Waals surface area contributed by atoms with Gasteiger partial charge < -0.3 is 38.3 Å². The van der Waals surface area contributed by atoms with Crippen LogP contribution in [0.5, 0.6) is 11.5 Å². The van der Waals surface area contributed by atoms with Crippen LogP contribution in [0.3, 0.4) is 0 Å². The summed E-state index contributed by atoms with van der Waals surface area (Å²) in [6.45, 7) is 15.5. The highest BCUT2D eigenvalue weighted by Crippen LogP contribution is 2.52. The summed E-state index contributed by atoms with van der Waals surface area (Å²) in [4.78, 5) is 12.6. The molecule has 2 aliphatic heterocycles. The van der Waals surface area contributed by atoms with Crippen molar-refractivity contribution in [1.29, 1.82) is 0 Å². The van der Waals surface area contributed by atoms with E-state index in [1.807, 2.05) is 13.1 Å². The number of aliphatic hydroxyl groups excluding tert-OH is 2. The molecule has 36 heavy (non-hydrogen) atoms. The summed E-state index contributed by atoms with van der Waals surface area (Å²) >= 11 is 0. The first-order valence-electron chi connectivity index (χ1n) is 12.3. The van der Waals surface area contributed by atoms with Gasteiger partial charge >= 0.3 is 5.97 Å². The van der Waals surface area contributed by atoms with Gasteiger partial charge in [-0.25, -0.2) is 0 Å². The van der Waals surface area contributed by atoms with Crippen LogP contribution in [0.25, 0.3) is 0 Å². The number of fused-ring (bicyclic) bond motifs is 2. The molecule has 2 N–H and O–H groups in total. The zero-order valence-corrected chi connectivity index (χ0v) is 24.1. The van der Waals surface area contributed by atoms with Crippen molar-refractivity contribution in [3.63, 3.8) is 0 Å². The van der Waals surface area contributed by atoms with Crippen LogP contribution in [-0.2, 0) is 35.8 Å². The second-order valence-corrected chi connectivity index (χ2v) is 16.9. The van der Waals surface area contributed by atoms with Crippen LogP contribution in [0, 0.1) is 5.41 Å². The molecule has 1 aromatic rings. The van der Waals surface area contributed by atoms with E-state index in [1.54, 1.807) is 40.0 Å². The van der Waals surface area contributed by atoms with Gasteiger partial charge in [0.15, 0.2) is 8.32 Å². The van der Waals surface area contributed by atoms with Gasteiger partial charge in [0.25, 0.3) is 0 Å². The fourth-order valence-electron chi connectivity index (χ4n) is 4.17. The number of hydrogen-bond donors (Lipinski definition) is 2. The minimum absolute atomic E-state index is 0.106. The second-order valence-electron chi connectivity index (χ2n) is 12.1. The van der Waals surface area contributed by atoms with Crippen molar-refractivity contribution in [2.24, 2.45) is 5.41 Å². The lowest BCUT2D eigenvalue weighted by Gasteiger charge is -2.51. The highest BCUT2D eigenvalue weighted by molar-refractivity contribution is 6.74. The Balaban J connectivity index is 2.05. The van der Waals surface area contributed by atoms with Gasteiger partial charge in [0, 0.05) is 6.07 Å². The van der Waals surface area contributed by atoms with Gasteiger partial charge in [0.2, 0.25) is 5.79 Å². The van der Waals surface area contributed by atoms with Crippen molar-refractivity contribution in [2.75, 3.05) is 20.8 Å². The third-order valence-corrected chi connectivity index (χ3v) is 11.8. The number of carbonyl (C=O) groups is 1. The summed E-state index contributed by atoms with van der Waals surface area (Å²) < 4.78 is 35.7. The van der Waals surface area contributed by atoms with Gasteiger partial charge in [-0.15, -0.1) is 0 Å². The number of ether oxygens (including phenoxy) is 5. The molecule has 1 fully saturated rings. The molecule has 3 rings (SSSR count). The molecule has 1 spiro atoms. The van der Waals surface area contributed by atoms with Crippen LogP contribution in [0.4, 0.5) is 0 Å². The van der Waals surface area contributed by atoms with Gasteiger partial charge in [-0.2, -0.15) is 0 Å². The average molecular weight is 527 g/mol. The summed E-state index contributed by atoms with van der Waals surface area (Å²) in [5, 5.41) is 22.7. The Bertz CT molecular complexity index is 965. The van der Waals surface area contributed by atoms with E-state index >= 15 is 0 Å². The Morgan fingerprint density at radius 3 is 2.28 bits per heavy atom. The molecular formula is C26H42O9Si. The summed E-state index contributed by atoms with van der Waals surface area (Å²) in [5.41, 5.74) is 0.443. The lowest BCUT2D eigenvalue weighted by atomic mass is 9.87. The van der Waals surface area contributed by atoms with Crippen LogP contribution < -0.4 is 9.47 Å². The molecule has 0 aliphatic carbocycles. The first kappa shape index (κ1) is 28.9. The number of hydrogen-bond acceptors (Lipinski definition) is 9. The number of methoxy groups -OCH3 is 2. The molecule has 0 amide bonds. The molecule has 0 aromatic heterocycles. The molecule has 9 nitrogen and oxygen atoms in total. The van der Waals surface area contributed by atoms with E-state index in [1.165, 1.54) is 7.11 Å². The molecular weight excluding hydrogens is 484 g/mol. The number of benzene rings is 1. The van der Waals surface area contributed by atoms with E-state index in [2.05, 4.69) is 20.8 Å². The first-order valence-corrected chi connectivity index (χ1v) is 15.2. The Morgan fingerprint density at radius 2 is 1.75 bits per heavy atom. The topological polar surface area (TPSA) is 113 Å². The SMILES string of the molecule is COc1cc2c(c(OC)c1)[C@@]1(OC2)O[C@H](COC(=O)C(C)(C)C)[C@@H](O[Si](C)(C)C(C)(C)C)[C@H](O)[C@@H]1O. The Kier molecular flexibility index (Phi) is 7.93. The first-order chi connectivity index (χ1) is 16.5. The highest BCUT2D eigenvalue weighted by atomic mass is 28.4. The molecule has 2 aliphatic rings. The maximum atomic E-state index is 12.6. The van der Waals surface area contributed by atoms with E-state index in [9.17, 15) is 15.0 Å². The summed E-state index contributed by atoms with van der Waals surface area (Å²) in [6, 6.07) is 3.45. The molecule has 2 heterocycles. The Labute approximate surface area is 215 Å². The maximum absolute atomic E-state index is 12.6. The smallest absolute Gasteiger partial charge is 0.311 e. The normalized spacial score (nSPS) is 28.7. The fraction of sp³-hybridized carbons (Fsp3) is 0.731. The molecule has 5 atom stereocenters. The highest BCUT2D eigenvalue weighted by Gasteiger charge is 2.61. The third kappa shape index (κ3) is 5.16. The molecule has 204 valence electrons. The van der Waals surface area contributed by atoms with E-state index in [0.29, 0.717) is 22.6 Å². The number of aliphatic hydroxyl groups is 2. The Hall–Kier alpha value is -1.69. The molecule has 0 bridgehead atoms. The number of carbonyl (C=O) groups excluding carboxylic acids is 1. The zero-order valence-electron chi connectivity index (χ0n) is 23.1. The van der Waals surface area contributed by atoms with E-state index in [-0.39, 0.29) is 18.3 Å². The molecule has 0 unspecified atom stereocenters. The summed E-state index contributed by atoms with van der Waals surface area (Å²) in [5.74, 6) is -1.20. The minimum atomic E-state index is -2.42. The van der Waals surface area contributed by atoms with Crippen molar-refractivity contribution in [3.05, 3.63) is 23.3 Å². The van der Waals surface area contributed by atoms with Crippen LogP contribution in [-0.4, -0.2) is 69.7 Å². The predicted octanol–water partition coefficient (Wildman–Crippen LogP) is 3.49. The molecule has 0 radical (unpaired) electrons. The van der Waals surface area contributed by atoms with E-state index in [0.717, 1.165) is 0 Å². The van der Waals surface area contributed by atoms with Crippen molar-refractivity contribution in [1.82, 2.24) is 0 Å². The summed E-state index contributed by atoms with van der Waals surface area (Å²) in [7, 11) is 0.620. The van der Waals surface area contributed by atoms with E-state index in [4.69, 9.17) is 28.1 Å². The predicted molar refractivity (Wildman–Crippen MR) is 135 cm³/mol. The molecule has 1 saturated heterocycles. The monoisotopic (exact) mass is 526 g/mol. The third-order valence-electron chi connectivity index (χ3n) is 7.37. The van der Waals surface area contributed by atoms with Crippen LogP contribution in [0.2, 0.25) is 18.1 Å². The average Bonchev–Trinajstić information content (AvgIpc) is 3.15. The van der Waals surface area contributed by atoms with Crippen LogP contribution in [0.15, 0.2) is 12.1 Å². The standard InChI is InChI=1S/C26H42O9Si/c1-24(2,3)23(29)32-14-18-21(35-36(9,10)25(4,5)6)20(27)22(28)26(34-18)19-15(13-33-26)11-16(30-7)12-17(19)31-8/h11-12,18,20-22,27-28H,13-14H2,1-10H3/t18-,20+,21-,22+,26-/m1/s1. The largest absolute Gasteiger partial charge is 0.497 e. The van der Waals surface area contributed by atoms with Gasteiger partial charge in [-0.3, -0.25) is 4.79 Å². The van der Waals surface area contributed by atoms with Crippen molar-refractivity contribution in [2.45, 2.75) is 96.5 Å². The summed E-state index contributed by atoms with van der Waals surface area (Å²) in [6.07, 6.45) is -4.74. The molecule has 10 heteroatoms. The molecule has 0 saturated carbocycles. The maximum Gasteiger partial charge on any atom is 0.311 e. The van der Waals surface area contributed by atoms with Crippen molar-refractivity contribution in [3.8, 4) is 11.5 Å². The lowest BCUT2D eigenvalue weighted by Crippen LogP contribution is -2.66. The number of esters is 1. The van der Waals surface area contributed by atoms with Gasteiger partial charge in [0.05, 0.1) is 31.8 Å². The zero-order chi connectivity index (χ0) is 27.3. The second kappa shape index (κ2) is 9.88. The van der Waals surface area contributed by atoms with Crippen molar-refractivity contribution >= 4 is 14.3 Å². The quantitative estimate of drug-likeness (QED) is 0.425. The number of rotatable bonds is 6. The van der Waals surface area contributed by atoms with Crippen LogP contribution >= 0.6 is 0 Å². The van der Waals surface area contributed by atoms with Crippen molar-refractivity contribution < 1.29 is 43.1 Å². The van der Waals surface area contributed by atoms with Crippen LogP contribution in [0.1, 0.15) is 52.7 Å². The molecule has 1 aromatic carbocycles. The van der Waals surface area contributed by atoms with Gasteiger partial charge in [-0.1, -0.05) is 20.8 Å². The minimum Gasteiger partial charge on any atom is -0.497 e.